The highest BCUT2D eigenvalue weighted by molar-refractivity contribution is 6.63. The van der Waals surface area contributed by atoms with Crippen LogP contribution >= 0.6 is 0 Å². The summed E-state index contributed by atoms with van der Waals surface area (Å²) in [4.78, 5) is 0. The minimum Gasteiger partial charge on any atom is -0.492 e. The smallest absolute Gasteiger partial charge is 0.492 e. The monoisotopic (exact) mass is 302 g/mol. The summed E-state index contributed by atoms with van der Waals surface area (Å²) in [5.74, 6) is 1.56. The van der Waals surface area contributed by atoms with Crippen molar-refractivity contribution in [1.29, 1.82) is 0 Å². The zero-order valence-electron chi connectivity index (χ0n) is 12.8. The van der Waals surface area contributed by atoms with E-state index in [1.165, 1.54) is 0 Å². The van der Waals surface area contributed by atoms with Gasteiger partial charge in [-0.05, 0) is 31.2 Å². The van der Waals surface area contributed by atoms with E-state index in [9.17, 15) is 0 Å². The van der Waals surface area contributed by atoms with Crippen LogP contribution in [0.1, 0.15) is 20.8 Å². The van der Waals surface area contributed by atoms with Gasteiger partial charge >= 0.3 is 8.80 Å². The molecule has 0 saturated heterocycles. The predicted molar refractivity (Wildman–Crippen MR) is 86.6 cm³/mol. The van der Waals surface area contributed by atoms with Gasteiger partial charge in [-0.2, -0.15) is 0 Å². The van der Waals surface area contributed by atoms with Gasteiger partial charge in [0.25, 0.3) is 0 Å². The first-order valence-electron chi connectivity index (χ1n) is 7.28. The average Bonchev–Trinajstić information content (AvgIpc) is 2.49. The second-order valence-corrected chi connectivity index (χ2v) is 8.08. The molecule has 0 bridgehead atoms. The van der Waals surface area contributed by atoms with Gasteiger partial charge in [0, 0.05) is 12.1 Å². The summed E-state index contributed by atoms with van der Waals surface area (Å²) in [5, 5.41) is 0. The largest absolute Gasteiger partial charge is 0.634 e. The molecule has 0 amide bonds. The predicted octanol–water partition coefficient (Wildman–Crippen LogP) is 4.53. The van der Waals surface area contributed by atoms with Gasteiger partial charge in [0.15, 0.2) is 0 Å². The fourth-order valence-corrected chi connectivity index (χ4v) is 4.28. The molecule has 112 valence electrons. The molecule has 0 saturated carbocycles. The minimum atomic E-state index is -2.85. The van der Waals surface area contributed by atoms with Crippen molar-refractivity contribution in [2.75, 3.05) is 6.61 Å². The number of para-hydroxylation sites is 2. The summed E-state index contributed by atoms with van der Waals surface area (Å²) < 4.78 is 18.4. The van der Waals surface area contributed by atoms with Crippen molar-refractivity contribution in [3.8, 4) is 11.5 Å². The summed E-state index contributed by atoms with van der Waals surface area (Å²) in [6, 6.07) is 19.4. The second kappa shape index (κ2) is 7.29. The van der Waals surface area contributed by atoms with Crippen LogP contribution < -0.4 is 8.85 Å². The molecule has 0 heterocycles. The lowest BCUT2D eigenvalue weighted by atomic mass is 10.3. The topological polar surface area (TPSA) is 27.7 Å². The first-order valence-corrected chi connectivity index (χ1v) is 9.08. The SMILES string of the molecule is CCO[Si](Oc1ccccc1)(Oc1ccccc1)C(C)C. The first kappa shape index (κ1) is 15.6. The van der Waals surface area contributed by atoms with E-state index in [0.29, 0.717) is 6.61 Å². The fraction of sp³-hybridized carbons (Fsp3) is 0.294. The summed E-state index contributed by atoms with van der Waals surface area (Å²) in [5.41, 5.74) is 0.151. The van der Waals surface area contributed by atoms with Crippen molar-refractivity contribution in [3.63, 3.8) is 0 Å². The lowest BCUT2D eigenvalue weighted by molar-refractivity contribution is 0.165. The zero-order chi connectivity index (χ0) is 15.1. The van der Waals surface area contributed by atoms with Crippen LogP contribution in [0.15, 0.2) is 60.7 Å². The third-order valence-electron chi connectivity index (χ3n) is 3.06. The minimum absolute atomic E-state index is 0.151. The third-order valence-corrected chi connectivity index (χ3v) is 6.20. The van der Waals surface area contributed by atoms with Crippen molar-refractivity contribution in [2.24, 2.45) is 0 Å². The molecule has 4 heteroatoms. The van der Waals surface area contributed by atoms with E-state index < -0.39 is 8.80 Å². The highest BCUT2D eigenvalue weighted by Gasteiger charge is 2.50. The normalized spacial score (nSPS) is 11.4. The van der Waals surface area contributed by atoms with Crippen LogP contribution in [0, 0.1) is 0 Å². The molecule has 0 aliphatic carbocycles. The Kier molecular flexibility index (Phi) is 5.42. The fourth-order valence-electron chi connectivity index (χ4n) is 1.99. The molecular weight excluding hydrogens is 280 g/mol. The summed E-state index contributed by atoms with van der Waals surface area (Å²) >= 11 is 0. The maximum absolute atomic E-state index is 6.20. The Labute approximate surface area is 127 Å². The molecule has 0 aliphatic rings. The Hall–Kier alpha value is -1.78. The van der Waals surface area contributed by atoms with Gasteiger partial charge in [-0.1, -0.05) is 50.2 Å². The van der Waals surface area contributed by atoms with E-state index in [4.69, 9.17) is 13.3 Å². The lowest BCUT2D eigenvalue weighted by Gasteiger charge is -2.32. The second-order valence-electron chi connectivity index (χ2n) is 5.02. The summed E-state index contributed by atoms with van der Waals surface area (Å²) in [6.07, 6.45) is 0. The van der Waals surface area contributed by atoms with E-state index in [0.717, 1.165) is 11.5 Å². The molecule has 3 nitrogen and oxygen atoms in total. The third kappa shape index (κ3) is 4.09. The maximum atomic E-state index is 6.20. The molecule has 2 aromatic carbocycles. The van der Waals surface area contributed by atoms with Gasteiger partial charge < -0.3 is 13.3 Å². The van der Waals surface area contributed by atoms with E-state index in [2.05, 4.69) is 13.8 Å². The number of hydrogen-bond donors (Lipinski definition) is 0. The van der Waals surface area contributed by atoms with Gasteiger partial charge in [-0.25, -0.2) is 0 Å². The molecule has 0 radical (unpaired) electrons. The van der Waals surface area contributed by atoms with Crippen LogP contribution in [0.3, 0.4) is 0 Å². The van der Waals surface area contributed by atoms with Gasteiger partial charge in [0.2, 0.25) is 0 Å². The van der Waals surface area contributed by atoms with Crippen LogP contribution in [0.5, 0.6) is 11.5 Å². The summed E-state index contributed by atoms with van der Waals surface area (Å²) in [6.45, 7) is 6.68. The van der Waals surface area contributed by atoms with Gasteiger partial charge in [-0.3, -0.25) is 0 Å². The van der Waals surface area contributed by atoms with Gasteiger partial charge in [-0.15, -0.1) is 0 Å². The highest BCUT2D eigenvalue weighted by atomic mass is 28.4. The van der Waals surface area contributed by atoms with Gasteiger partial charge in [0.1, 0.15) is 11.5 Å². The Morgan fingerprint density at radius 2 is 1.24 bits per heavy atom. The molecule has 0 atom stereocenters. The molecule has 0 fully saturated rings. The van der Waals surface area contributed by atoms with E-state index in [-0.39, 0.29) is 5.54 Å². The Balaban J connectivity index is 2.28. The molecule has 0 unspecified atom stereocenters. The van der Waals surface area contributed by atoms with Crippen molar-refractivity contribution >= 4 is 8.80 Å². The quantitative estimate of drug-likeness (QED) is 0.703. The van der Waals surface area contributed by atoms with E-state index >= 15 is 0 Å². The first-order chi connectivity index (χ1) is 10.2. The molecular formula is C17H22O3Si. The van der Waals surface area contributed by atoms with Crippen LogP contribution in [-0.4, -0.2) is 15.4 Å². The molecule has 2 rings (SSSR count). The van der Waals surface area contributed by atoms with Crippen molar-refractivity contribution < 1.29 is 13.3 Å². The van der Waals surface area contributed by atoms with E-state index in [1.807, 2.05) is 67.6 Å². The Morgan fingerprint density at radius 3 is 1.57 bits per heavy atom. The number of rotatable bonds is 7. The Bertz CT molecular complexity index is 487. The molecule has 0 aliphatic heterocycles. The number of benzene rings is 2. The van der Waals surface area contributed by atoms with E-state index in [1.54, 1.807) is 0 Å². The molecule has 0 spiro atoms. The maximum Gasteiger partial charge on any atom is 0.634 e. The van der Waals surface area contributed by atoms with Crippen molar-refractivity contribution in [3.05, 3.63) is 60.7 Å². The summed E-state index contributed by atoms with van der Waals surface area (Å²) in [7, 11) is -2.85. The van der Waals surface area contributed by atoms with Crippen LogP contribution in [-0.2, 0) is 4.43 Å². The average molecular weight is 302 g/mol. The van der Waals surface area contributed by atoms with Crippen molar-refractivity contribution in [2.45, 2.75) is 26.3 Å². The van der Waals surface area contributed by atoms with Crippen LogP contribution in [0.2, 0.25) is 5.54 Å². The highest BCUT2D eigenvalue weighted by Crippen LogP contribution is 2.29. The number of hydrogen-bond acceptors (Lipinski definition) is 3. The molecule has 2 aromatic rings. The van der Waals surface area contributed by atoms with Crippen LogP contribution in [0.25, 0.3) is 0 Å². The lowest BCUT2D eigenvalue weighted by Crippen LogP contribution is -2.54. The molecule has 21 heavy (non-hydrogen) atoms. The zero-order valence-corrected chi connectivity index (χ0v) is 13.8. The Morgan fingerprint density at radius 1 is 0.810 bits per heavy atom. The molecule has 0 aromatic heterocycles. The van der Waals surface area contributed by atoms with Crippen LogP contribution in [0.4, 0.5) is 0 Å². The standard InChI is InChI=1S/C17H22O3Si/c1-4-18-21(15(2)3,19-16-11-7-5-8-12-16)20-17-13-9-6-10-14-17/h5-15H,4H2,1-3H3. The van der Waals surface area contributed by atoms with Gasteiger partial charge in [0.05, 0.1) is 0 Å². The van der Waals surface area contributed by atoms with Crippen molar-refractivity contribution in [1.82, 2.24) is 0 Å². The molecule has 0 N–H and O–H groups in total.